The van der Waals surface area contributed by atoms with Gasteiger partial charge in [-0.1, -0.05) is 17.7 Å². The van der Waals surface area contributed by atoms with E-state index in [9.17, 15) is 9.18 Å². The Morgan fingerprint density at radius 3 is 2.75 bits per heavy atom. The fourth-order valence-corrected chi connectivity index (χ4v) is 1.79. The van der Waals surface area contributed by atoms with Crippen LogP contribution in [0.15, 0.2) is 36.4 Å². The number of rotatable bonds is 2. The zero-order valence-corrected chi connectivity index (χ0v) is 10.9. The molecule has 0 radical (unpaired) electrons. The van der Waals surface area contributed by atoms with Crippen molar-refractivity contribution < 1.29 is 9.18 Å². The van der Waals surface area contributed by atoms with E-state index in [1.54, 1.807) is 0 Å². The second-order valence-corrected chi connectivity index (χ2v) is 4.38. The van der Waals surface area contributed by atoms with Crippen LogP contribution in [0.5, 0.6) is 0 Å². The highest BCUT2D eigenvalue weighted by Crippen LogP contribution is 2.22. The summed E-state index contributed by atoms with van der Waals surface area (Å²) < 4.78 is 13.7. The predicted octanol–water partition coefficient (Wildman–Crippen LogP) is 3.19. The molecule has 0 saturated carbocycles. The summed E-state index contributed by atoms with van der Waals surface area (Å²) in [5, 5.41) is 11.1. The third-order valence-corrected chi connectivity index (χ3v) is 2.92. The van der Waals surface area contributed by atoms with Crippen LogP contribution < -0.4 is 11.1 Å². The topological polar surface area (TPSA) is 78.9 Å². The molecule has 0 bridgehead atoms. The van der Waals surface area contributed by atoms with Gasteiger partial charge >= 0.3 is 0 Å². The van der Waals surface area contributed by atoms with E-state index in [2.05, 4.69) is 5.32 Å². The lowest BCUT2D eigenvalue weighted by Gasteiger charge is -2.09. The first-order valence-electron chi connectivity index (χ1n) is 5.58. The number of nitrogens with two attached hydrogens (primary N) is 1. The van der Waals surface area contributed by atoms with Crippen LogP contribution in [0, 0.1) is 17.1 Å². The van der Waals surface area contributed by atoms with E-state index in [1.165, 1.54) is 36.4 Å². The molecule has 2 aromatic carbocycles. The molecule has 0 aromatic heterocycles. The van der Waals surface area contributed by atoms with Crippen molar-refractivity contribution in [1.82, 2.24) is 0 Å². The summed E-state index contributed by atoms with van der Waals surface area (Å²) in [6.45, 7) is 0. The number of hydrogen-bond donors (Lipinski definition) is 2. The summed E-state index contributed by atoms with van der Waals surface area (Å²) in [5.41, 5.74) is 6.42. The molecule has 100 valence electrons. The molecular formula is C14H9ClFN3O. The van der Waals surface area contributed by atoms with E-state index < -0.39 is 11.7 Å². The van der Waals surface area contributed by atoms with Crippen molar-refractivity contribution in [2.75, 3.05) is 11.1 Å². The first kappa shape index (κ1) is 13.8. The van der Waals surface area contributed by atoms with E-state index in [0.29, 0.717) is 11.3 Å². The molecule has 2 aromatic rings. The number of nitrogen functional groups attached to an aromatic ring is 1. The van der Waals surface area contributed by atoms with Crippen molar-refractivity contribution in [2.24, 2.45) is 0 Å². The molecule has 0 spiro atoms. The SMILES string of the molecule is N#Cc1ccc(NC(=O)c2cccc(Cl)c2F)c(N)c1. The molecular weight excluding hydrogens is 281 g/mol. The van der Waals surface area contributed by atoms with Crippen LogP contribution >= 0.6 is 11.6 Å². The highest BCUT2D eigenvalue weighted by Gasteiger charge is 2.15. The Balaban J connectivity index is 2.29. The standard InChI is InChI=1S/C14H9ClFN3O/c15-10-3-1-2-9(13(10)16)14(20)19-12-5-4-8(7-17)6-11(12)18/h1-6H,18H2,(H,19,20). The maximum absolute atomic E-state index is 13.7. The summed E-state index contributed by atoms with van der Waals surface area (Å²) in [4.78, 5) is 12.0. The summed E-state index contributed by atoms with van der Waals surface area (Å²) in [6, 6.07) is 10.5. The number of nitrogens with zero attached hydrogens (tertiary/aromatic N) is 1. The fourth-order valence-electron chi connectivity index (χ4n) is 1.61. The fraction of sp³-hybridized carbons (Fsp3) is 0. The van der Waals surface area contributed by atoms with Crippen molar-refractivity contribution in [3.8, 4) is 6.07 Å². The van der Waals surface area contributed by atoms with Crippen molar-refractivity contribution in [3.05, 3.63) is 58.4 Å². The quantitative estimate of drug-likeness (QED) is 0.833. The van der Waals surface area contributed by atoms with Crippen LogP contribution in [0.3, 0.4) is 0 Å². The van der Waals surface area contributed by atoms with E-state index in [0.717, 1.165) is 0 Å². The summed E-state index contributed by atoms with van der Waals surface area (Å²) in [6.07, 6.45) is 0. The number of nitrogens with one attached hydrogen (secondary N) is 1. The molecule has 0 unspecified atom stereocenters. The highest BCUT2D eigenvalue weighted by atomic mass is 35.5. The molecule has 0 atom stereocenters. The molecule has 0 saturated heterocycles. The summed E-state index contributed by atoms with van der Waals surface area (Å²) >= 11 is 5.62. The van der Waals surface area contributed by atoms with Crippen molar-refractivity contribution in [1.29, 1.82) is 5.26 Å². The highest BCUT2D eigenvalue weighted by molar-refractivity contribution is 6.31. The lowest BCUT2D eigenvalue weighted by atomic mass is 10.1. The van der Waals surface area contributed by atoms with Crippen LogP contribution in [0.1, 0.15) is 15.9 Å². The van der Waals surface area contributed by atoms with Crippen molar-refractivity contribution >= 4 is 28.9 Å². The van der Waals surface area contributed by atoms with Gasteiger partial charge in [-0.2, -0.15) is 5.26 Å². The zero-order chi connectivity index (χ0) is 14.7. The second-order valence-electron chi connectivity index (χ2n) is 3.97. The first-order valence-corrected chi connectivity index (χ1v) is 5.95. The smallest absolute Gasteiger partial charge is 0.258 e. The zero-order valence-electron chi connectivity index (χ0n) is 10.2. The maximum atomic E-state index is 13.7. The summed E-state index contributed by atoms with van der Waals surface area (Å²) in [7, 11) is 0. The molecule has 0 fully saturated rings. The molecule has 0 aliphatic carbocycles. The van der Waals surface area contributed by atoms with Crippen LogP contribution in [0.2, 0.25) is 5.02 Å². The first-order chi connectivity index (χ1) is 9.52. The molecule has 20 heavy (non-hydrogen) atoms. The number of carbonyl (C=O) groups excluding carboxylic acids is 1. The van der Waals surface area contributed by atoms with Crippen LogP contribution in [0.4, 0.5) is 15.8 Å². The minimum Gasteiger partial charge on any atom is -0.397 e. The van der Waals surface area contributed by atoms with Gasteiger partial charge in [-0.15, -0.1) is 0 Å². The second kappa shape index (κ2) is 5.59. The van der Waals surface area contributed by atoms with Crippen LogP contribution in [0.25, 0.3) is 0 Å². The van der Waals surface area contributed by atoms with Crippen LogP contribution in [-0.4, -0.2) is 5.91 Å². The third-order valence-electron chi connectivity index (χ3n) is 2.63. The Hall–Kier alpha value is -2.58. The van der Waals surface area contributed by atoms with Gasteiger partial charge in [0.05, 0.1) is 33.6 Å². The van der Waals surface area contributed by atoms with E-state index in [1.807, 2.05) is 6.07 Å². The number of anilines is 2. The van der Waals surface area contributed by atoms with Gasteiger partial charge in [-0.25, -0.2) is 4.39 Å². The van der Waals surface area contributed by atoms with Gasteiger partial charge < -0.3 is 11.1 Å². The number of halogens is 2. The number of hydrogen-bond acceptors (Lipinski definition) is 3. The molecule has 6 heteroatoms. The van der Waals surface area contributed by atoms with Gasteiger partial charge in [0.25, 0.3) is 5.91 Å². The Labute approximate surface area is 119 Å². The van der Waals surface area contributed by atoms with Gasteiger partial charge in [0.15, 0.2) is 5.82 Å². The average Bonchev–Trinajstić information content (AvgIpc) is 2.44. The van der Waals surface area contributed by atoms with Gasteiger partial charge in [0.2, 0.25) is 0 Å². The maximum Gasteiger partial charge on any atom is 0.258 e. The molecule has 2 rings (SSSR count). The number of carbonyl (C=O) groups is 1. The number of nitriles is 1. The minimum absolute atomic E-state index is 0.134. The molecule has 3 N–H and O–H groups in total. The Bertz CT molecular complexity index is 725. The minimum atomic E-state index is -0.793. The third kappa shape index (κ3) is 2.71. The predicted molar refractivity (Wildman–Crippen MR) is 74.9 cm³/mol. The van der Waals surface area contributed by atoms with Gasteiger partial charge in [0.1, 0.15) is 0 Å². The van der Waals surface area contributed by atoms with E-state index in [-0.39, 0.29) is 16.3 Å². The molecule has 1 amide bonds. The Kier molecular flexibility index (Phi) is 3.87. The Morgan fingerprint density at radius 1 is 1.35 bits per heavy atom. The molecule has 4 nitrogen and oxygen atoms in total. The largest absolute Gasteiger partial charge is 0.397 e. The molecule has 0 aliphatic heterocycles. The Morgan fingerprint density at radius 2 is 2.10 bits per heavy atom. The lowest BCUT2D eigenvalue weighted by molar-refractivity contribution is 0.102. The van der Waals surface area contributed by atoms with E-state index >= 15 is 0 Å². The van der Waals surface area contributed by atoms with Gasteiger partial charge in [-0.3, -0.25) is 4.79 Å². The van der Waals surface area contributed by atoms with Crippen molar-refractivity contribution in [2.45, 2.75) is 0 Å². The van der Waals surface area contributed by atoms with Crippen LogP contribution in [-0.2, 0) is 0 Å². The monoisotopic (exact) mass is 289 g/mol. The normalized spacial score (nSPS) is 9.85. The van der Waals surface area contributed by atoms with E-state index in [4.69, 9.17) is 22.6 Å². The van der Waals surface area contributed by atoms with Gasteiger partial charge in [0, 0.05) is 0 Å². The summed E-state index contributed by atoms with van der Waals surface area (Å²) in [5.74, 6) is -1.46. The lowest BCUT2D eigenvalue weighted by Crippen LogP contribution is -2.15. The number of amides is 1. The van der Waals surface area contributed by atoms with Gasteiger partial charge in [-0.05, 0) is 30.3 Å². The number of benzene rings is 2. The van der Waals surface area contributed by atoms with Crippen molar-refractivity contribution in [3.63, 3.8) is 0 Å². The molecule has 0 aliphatic rings. The molecule has 0 heterocycles. The average molecular weight is 290 g/mol.